The molecule has 1 aromatic carbocycles. The highest BCUT2D eigenvalue weighted by Gasteiger charge is 2.14. The zero-order chi connectivity index (χ0) is 16.5. The maximum absolute atomic E-state index is 11.4. The minimum Gasteiger partial charge on any atom is -0.410 e. The van der Waals surface area contributed by atoms with Gasteiger partial charge >= 0.3 is 6.09 Å². The van der Waals surface area contributed by atoms with E-state index >= 15 is 0 Å². The number of benzene rings is 1. The van der Waals surface area contributed by atoms with Crippen molar-refractivity contribution in [2.24, 2.45) is 0 Å². The Hall–Kier alpha value is -1.03. The number of hydrogen-bond donors (Lipinski definition) is 5. The lowest BCUT2D eigenvalue weighted by Crippen LogP contribution is -2.42. The first-order valence-corrected chi connectivity index (χ1v) is 8.07. The Morgan fingerprint density at radius 1 is 1.27 bits per heavy atom. The number of ether oxygens (including phenoxy) is 1. The van der Waals surface area contributed by atoms with Gasteiger partial charge in [0, 0.05) is 19.6 Å². The van der Waals surface area contributed by atoms with Crippen LogP contribution in [0.5, 0.6) is 5.75 Å². The average Bonchev–Trinajstić information content (AvgIpc) is 2.46. The molecule has 22 heavy (non-hydrogen) atoms. The molecule has 9 heteroatoms. The number of rotatable bonds is 6. The zero-order valence-corrected chi connectivity index (χ0v) is 15.3. The first-order valence-electron chi connectivity index (χ1n) is 6.36. The molecule has 5 nitrogen and oxygen atoms in total. The second-order valence-electron chi connectivity index (χ2n) is 4.28. The molecule has 0 radical (unpaired) electrons. The van der Waals surface area contributed by atoms with Crippen molar-refractivity contribution in [2.75, 3.05) is 13.6 Å². The second-order valence-corrected chi connectivity index (χ2v) is 6.60. The summed E-state index contributed by atoms with van der Waals surface area (Å²) in [5, 5.41) is 8.44. The Bertz CT molecular complexity index is 554. The molecule has 3 N–H and O–H groups in total. The molecule has 0 bridgehead atoms. The lowest BCUT2D eigenvalue weighted by molar-refractivity contribution is 0.202. The van der Waals surface area contributed by atoms with Crippen molar-refractivity contribution >= 4 is 64.4 Å². The van der Waals surface area contributed by atoms with Crippen LogP contribution in [-0.4, -0.2) is 34.4 Å². The van der Waals surface area contributed by atoms with Gasteiger partial charge in [-0.15, -0.1) is 25.3 Å². The number of amides is 1. The van der Waals surface area contributed by atoms with E-state index in [0.717, 1.165) is 5.56 Å². The number of carbonyl (C=O) groups excluding carboxylic acids is 1. The highest BCUT2D eigenvalue weighted by molar-refractivity contribution is 8.11. The first-order chi connectivity index (χ1) is 10.4. The Balaban J connectivity index is 2.84. The van der Waals surface area contributed by atoms with E-state index in [9.17, 15) is 4.79 Å². The van der Waals surface area contributed by atoms with Crippen molar-refractivity contribution < 1.29 is 9.53 Å². The van der Waals surface area contributed by atoms with Crippen LogP contribution in [0.3, 0.4) is 0 Å². The summed E-state index contributed by atoms with van der Waals surface area (Å²) in [6.45, 7) is 0.511. The molecule has 0 aliphatic rings. The van der Waals surface area contributed by atoms with Crippen LogP contribution in [0.15, 0.2) is 24.3 Å². The minimum absolute atomic E-state index is 0.0791. The molecule has 1 atom stereocenters. The third-order valence-corrected chi connectivity index (χ3v) is 3.22. The lowest BCUT2D eigenvalue weighted by Gasteiger charge is -2.20. The maximum Gasteiger partial charge on any atom is 0.412 e. The van der Waals surface area contributed by atoms with Crippen LogP contribution >= 0.6 is 49.7 Å². The molecule has 1 unspecified atom stereocenters. The van der Waals surface area contributed by atoms with Crippen LogP contribution in [0, 0.1) is 0 Å². The summed E-state index contributed by atoms with van der Waals surface area (Å²) < 4.78 is 6.01. The molecule has 0 aliphatic carbocycles. The largest absolute Gasteiger partial charge is 0.412 e. The fraction of sp³-hybridized carbons (Fsp3) is 0.308. The topological polar surface area (TPSA) is 62.4 Å². The minimum atomic E-state index is -0.517. The van der Waals surface area contributed by atoms with Gasteiger partial charge in [-0.3, -0.25) is 0 Å². The number of para-hydroxylation sites is 1. The highest BCUT2D eigenvalue weighted by Crippen LogP contribution is 2.20. The van der Waals surface area contributed by atoms with Crippen molar-refractivity contribution in [3.8, 4) is 5.75 Å². The molecule has 0 spiro atoms. The molecule has 0 saturated heterocycles. The van der Waals surface area contributed by atoms with E-state index in [1.807, 2.05) is 12.1 Å². The van der Waals surface area contributed by atoms with Gasteiger partial charge < -0.3 is 20.7 Å². The van der Waals surface area contributed by atoms with Crippen LogP contribution in [0.2, 0.25) is 0 Å². The normalized spacial score (nSPS) is 11.2. The number of thiocarbonyl (C=S) groups is 2. The molecule has 0 aromatic heterocycles. The summed E-state index contributed by atoms with van der Waals surface area (Å²) in [5.41, 5.74) is 0.861. The van der Waals surface area contributed by atoms with E-state index in [1.54, 1.807) is 12.1 Å². The fourth-order valence-electron chi connectivity index (χ4n) is 1.75. The lowest BCUT2D eigenvalue weighted by atomic mass is 10.0. The molecule has 1 aromatic rings. The van der Waals surface area contributed by atoms with E-state index in [0.29, 0.717) is 27.4 Å². The molecule has 1 rings (SSSR count). The predicted molar refractivity (Wildman–Crippen MR) is 103 cm³/mol. The molecule has 0 saturated carbocycles. The monoisotopic (exact) mass is 375 g/mol. The fourth-order valence-corrected chi connectivity index (χ4v) is 2.27. The Morgan fingerprint density at radius 3 is 2.55 bits per heavy atom. The summed E-state index contributed by atoms with van der Waals surface area (Å²) in [4.78, 5) is 11.4. The maximum atomic E-state index is 11.4. The summed E-state index contributed by atoms with van der Waals surface area (Å²) in [5.74, 6) is 0.493. The summed E-state index contributed by atoms with van der Waals surface area (Å²) in [7, 11) is 1.51. The SMILES string of the molecule is CNC(=O)Oc1ccccc1CC(CNC(=S)S)NC(=S)S. The molecule has 0 aliphatic heterocycles. The van der Waals surface area contributed by atoms with E-state index in [-0.39, 0.29) is 6.04 Å². The standard InChI is InChI=1S/C13H17N3O2S4/c1-14-11(17)18-10-5-3-2-4-8(10)6-9(16-13(21)22)7-15-12(19)20/h2-5,9H,6-7H2,1H3,(H,14,17)(H2,15,19,20)(H2,16,21,22). The molecule has 120 valence electrons. The average molecular weight is 376 g/mol. The van der Waals surface area contributed by atoms with Gasteiger partial charge in [0.1, 0.15) is 14.4 Å². The third-order valence-electron chi connectivity index (χ3n) is 2.67. The Labute approximate surface area is 151 Å². The van der Waals surface area contributed by atoms with Gasteiger partial charge in [-0.25, -0.2) is 4.79 Å². The van der Waals surface area contributed by atoms with Gasteiger partial charge in [0.25, 0.3) is 0 Å². The van der Waals surface area contributed by atoms with Crippen LogP contribution < -0.4 is 20.7 Å². The molecule has 1 amide bonds. The van der Waals surface area contributed by atoms with Gasteiger partial charge in [0.2, 0.25) is 0 Å². The van der Waals surface area contributed by atoms with Gasteiger partial charge in [0.15, 0.2) is 0 Å². The zero-order valence-electron chi connectivity index (χ0n) is 11.8. The van der Waals surface area contributed by atoms with Crippen LogP contribution in [-0.2, 0) is 6.42 Å². The van der Waals surface area contributed by atoms with E-state index in [2.05, 4.69) is 41.2 Å². The van der Waals surface area contributed by atoms with Gasteiger partial charge in [-0.2, -0.15) is 0 Å². The number of hydrogen-bond acceptors (Lipinski definition) is 4. The van der Waals surface area contributed by atoms with Gasteiger partial charge in [0.05, 0.1) is 0 Å². The van der Waals surface area contributed by atoms with Crippen LogP contribution in [0.4, 0.5) is 4.79 Å². The highest BCUT2D eigenvalue weighted by atomic mass is 32.1. The van der Waals surface area contributed by atoms with E-state index < -0.39 is 6.09 Å². The van der Waals surface area contributed by atoms with E-state index in [1.165, 1.54) is 7.05 Å². The van der Waals surface area contributed by atoms with Gasteiger partial charge in [-0.05, 0) is 18.1 Å². The summed E-state index contributed by atoms with van der Waals surface area (Å²) in [6.07, 6.45) is 0.0494. The van der Waals surface area contributed by atoms with Crippen molar-refractivity contribution in [1.82, 2.24) is 16.0 Å². The van der Waals surface area contributed by atoms with E-state index in [4.69, 9.17) is 29.2 Å². The number of carbonyl (C=O) groups is 1. The van der Waals surface area contributed by atoms with Crippen molar-refractivity contribution in [2.45, 2.75) is 12.5 Å². The third kappa shape index (κ3) is 7.30. The smallest absolute Gasteiger partial charge is 0.410 e. The number of thiol groups is 2. The Morgan fingerprint density at radius 2 is 1.95 bits per heavy atom. The molecule has 0 fully saturated rings. The second kappa shape index (κ2) is 9.88. The molecular weight excluding hydrogens is 358 g/mol. The molecule has 0 heterocycles. The summed E-state index contributed by atoms with van der Waals surface area (Å²) >= 11 is 18.0. The van der Waals surface area contributed by atoms with Gasteiger partial charge in [-0.1, -0.05) is 42.6 Å². The number of nitrogens with one attached hydrogen (secondary N) is 3. The van der Waals surface area contributed by atoms with Crippen molar-refractivity contribution in [3.63, 3.8) is 0 Å². The predicted octanol–water partition coefficient (Wildman–Crippen LogP) is 1.92. The van der Waals surface area contributed by atoms with Crippen LogP contribution in [0.25, 0.3) is 0 Å². The summed E-state index contributed by atoms with van der Waals surface area (Å²) in [6, 6.07) is 7.21. The Kier molecular flexibility index (Phi) is 8.54. The van der Waals surface area contributed by atoms with Crippen molar-refractivity contribution in [1.29, 1.82) is 0 Å². The first kappa shape index (κ1) is 19.0. The molecular formula is C13H17N3O2S4. The quantitative estimate of drug-likeness (QED) is 0.387. The van der Waals surface area contributed by atoms with Crippen LogP contribution in [0.1, 0.15) is 5.56 Å². The van der Waals surface area contributed by atoms with Crippen molar-refractivity contribution in [3.05, 3.63) is 29.8 Å².